The van der Waals surface area contributed by atoms with Crippen molar-refractivity contribution in [2.45, 2.75) is 13.8 Å². The summed E-state index contributed by atoms with van der Waals surface area (Å²) in [6.07, 6.45) is 0. The molecule has 0 heterocycles. The van der Waals surface area contributed by atoms with E-state index in [9.17, 15) is 0 Å². The first-order chi connectivity index (χ1) is 8.20. The number of hydrogen-bond acceptors (Lipinski definition) is 0. The number of rotatable bonds is 2. The van der Waals surface area contributed by atoms with Gasteiger partial charge in [-0.1, -0.05) is 66.2 Å². The van der Waals surface area contributed by atoms with E-state index in [0.29, 0.717) is 0 Å². The Morgan fingerprint density at radius 1 is 0.765 bits per heavy atom. The highest BCUT2D eigenvalue weighted by Gasteiger charge is 2.03. The van der Waals surface area contributed by atoms with Crippen LogP contribution in [0.3, 0.4) is 0 Å². The molecule has 0 aliphatic heterocycles. The predicted molar refractivity (Wildman–Crippen MR) is 74.0 cm³/mol. The van der Waals surface area contributed by atoms with E-state index in [1.54, 1.807) is 0 Å². The summed E-state index contributed by atoms with van der Waals surface area (Å²) >= 11 is 0. The van der Waals surface area contributed by atoms with Crippen molar-refractivity contribution in [1.29, 1.82) is 0 Å². The molecule has 0 atom stereocenters. The summed E-state index contributed by atoms with van der Waals surface area (Å²) < 4.78 is 0. The van der Waals surface area contributed by atoms with Gasteiger partial charge in [0.1, 0.15) is 0 Å². The molecular weight excluding hydrogens is 204 g/mol. The molecule has 0 aliphatic rings. The third kappa shape index (κ3) is 2.55. The average molecular weight is 220 g/mol. The van der Waals surface area contributed by atoms with Gasteiger partial charge in [-0.2, -0.15) is 0 Å². The molecule has 17 heavy (non-hydrogen) atoms. The molecule has 84 valence electrons. The van der Waals surface area contributed by atoms with Crippen molar-refractivity contribution in [3.05, 3.63) is 83.1 Å². The summed E-state index contributed by atoms with van der Waals surface area (Å²) in [6, 6.07) is 16.9. The van der Waals surface area contributed by atoms with E-state index >= 15 is 0 Å². The van der Waals surface area contributed by atoms with Crippen molar-refractivity contribution >= 4 is 5.57 Å². The van der Waals surface area contributed by atoms with Crippen LogP contribution in [0.25, 0.3) is 5.57 Å². The second-order valence-corrected chi connectivity index (χ2v) is 4.28. The molecule has 0 fully saturated rings. The Labute approximate surface area is 103 Å². The molecule has 0 saturated carbocycles. The fourth-order valence-corrected chi connectivity index (χ4v) is 1.81. The minimum atomic E-state index is 1.06. The number of aryl methyl sites for hydroxylation is 2. The van der Waals surface area contributed by atoms with Crippen molar-refractivity contribution in [1.82, 2.24) is 0 Å². The molecule has 0 aromatic heterocycles. The molecule has 2 rings (SSSR count). The number of benzene rings is 2. The third-order valence-corrected chi connectivity index (χ3v) is 2.86. The zero-order chi connectivity index (χ0) is 12.3. The molecule has 2 aromatic carbocycles. The lowest BCUT2D eigenvalue weighted by Crippen LogP contribution is -1.87. The molecule has 0 saturated heterocycles. The Kier molecular flexibility index (Phi) is 3.27. The first kappa shape index (κ1) is 11.4. The first-order valence-corrected chi connectivity index (χ1v) is 5.75. The quantitative estimate of drug-likeness (QED) is 0.653. The van der Waals surface area contributed by atoms with E-state index in [1.165, 1.54) is 11.1 Å². The van der Waals surface area contributed by atoms with Gasteiger partial charge in [0.25, 0.3) is 0 Å². The fourth-order valence-electron chi connectivity index (χ4n) is 1.81. The Morgan fingerprint density at radius 2 is 1.12 bits per heavy atom. The Hall–Kier alpha value is -2.04. The molecule has 0 radical (unpaired) electrons. The van der Waals surface area contributed by atoms with Gasteiger partial charge in [-0.15, -0.1) is 5.73 Å². The summed E-state index contributed by atoms with van der Waals surface area (Å²) in [6.45, 7) is 7.98. The summed E-state index contributed by atoms with van der Waals surface area (Å²) in [5.41, 5.74) is 8.95. The lowest BCUT2D eigenvalue weighted by Gasteiger charge is -2.06. The summed E-state index contributed by atoms with van der Waals surface area (Å²) in [5.74, 6) is 0. The van der Waals surface area contributed by atoms with Crippen LogP contribution in [-0.4, -0.2) is 0 Å². The maximum atomic E-state index is 3.80. The van der Waals surface area contributed by atoms with Gasteiger partial charge in [0.2, 0.25) is 0 Å². The monoisotopic (exact) mass is 220 g/mol. The molecule has 0 amide bonds. The Balaban J connectivity index is 2.44. The van der Waals surface area contributed by atoms with E-state index < -0.39 is 0 Å². The SMILES string of the molecule is C=C=C(c1ccc(C)cc1)c1ccc(C)cc1. The lowest BCUT2D eigenvalue weighted by molar-refractivity contribution is 1.43. The van der Waals surface area contributed by atoms with Gasteiger partial charge in [0.05, 0.1) is 0 Å². The van der Waals surface area contributed by atoms with E-state index in [4.69, 9.17) is 0 Å². The van der Waals surface area contributed by atoms with Crippen molar-refractivity contribution < 1.29 is 0 Å². The van der Waals surface area contributed by atoms with Gasteiger partial charge in [0, 0.05) is 5.57 Å². The number of hydrogen-bond donors (Lipinski definition) is 0. The largest absolute Gasteiger partial charge is 0.119 e. The third-order valence-electron chi connectivity index (χ3n) is 2.86. The topological polar surface area (TPSA) is 0 Å². The second kappa shape index (κ2) is 4.86. The highest BCUT2D eigenvalue weighted by molar-refractivity contribution is 5.79. The minimum absolute atomic E-state index is 1.06. The average Bonchev–Trinajstić information content (AvgIpc) is 2.35. The maximum absolute atomic E-state index is 3.80. The van der Waals surface area contributed by atoms with E-state index in [0.717, 1.165) is 16.7 Å². The van der Waals surface area contributed by atoms with Gasteiger partial charge in [-0.3, -0.25) is 0 Å². The molecule has 0 N–H and O–H groups in total. The van der Waals surface area contributed by atoms with Crippen LogP contribution in [0.4, 0.5) is 0 Å². The smallest absolute Gasteiger partial charge is 0.0303 e. The van der Waals surface area contributed by atoms with Gasteiger partial charge in [0.15, 0.2) is 0 Å². The van der Waals surface area contributed by atoms with Gasteiger partial charge >= 0.3 is 0 Å². The molecular formula is C17H16. The normalized spacial score (nSPS) is 9.76. The fraction of sp³-hybridized carbons (Fsp3) is 0.118. The minimum Gasteiger partial charge on any atom is -0.119 e. The van der Waals surface area contributed by atoms with Crippen molar-refractivity contribution in [2.24, 2.45) is 0 Å². The summed E-state index contributed by atoms with van der Waals surface area (Å²) in [5, 5.41) is 0. The van der Waals surface area contributed by atoms with E-state index in [1.807, 2.05) is 0 Å². The summed E-state index contributed by atoms with van der Waals surface area (Å²) in [4.78, 5) is 0. The van der Waals surface area contributed by atoms with Crippen LogP contribution < -0.4 is 0 Å². The van der Waals surface area contributed by atoms with Crippen LogP contribution in [0.15, 0.2) is 60.8 Å². The predicted octanol–water partition coefficient (Wildman–Crippen LogP) is 4.52. The van der Waals surface area contributed by atoms with Crippen LogP contribution in [0.1, 0.15) is 22.3 Å². The van der Waals surface area contributed by atoms with Gasteiger partial charge in [-0.25, -0.2) is 0 Å². The Morgan fingerprint density at radius 3 is 1.41 bits per heavy atom. The molecule has 0 bridgehead atoms. The van der Waals surface area contributed by atoms with Crippen LogP contribution in [0.2, 0.25) is 0 Å². The lowest BCUT2D eigenvalue weighted by atomic mass is 9.97. The zero-order valence-corrected chi connectivity index (χ0v) is 10.3. The van der Waals surface area contributed by atoms with Gasteiger partial charge < -0.3 is 0 Å². The summed E-state index contributed by atoms with van der Waals surface area (Å²) in [7, 11) is 0. The van der Waals surface area contributed by atoms with E-state index in [2.05, 4.69) is 74.7 Å². The molecule has 2 aromatic rings. The van der Waals surface area contributed by atoms with Crippen LogP contribution in [0, 0.1) is 13.8 Å². The van der Waals surface area contributed by atoms with Crippen LogP contribution >= 0.6 is 0 Å². The molecule has 0 nitrogen and oxygen atoms in total. The highest BCUT2D eigenvalue weighted by Crippen LogP contribution is 2.22. The standard InChI is InChI=1S/C17H16/c1-4-17(15-9-5-13(2)6-10-15)16-11-7-14(3)8-12-16/h5-12H,1H2,2-3H3. The Bertz CT molecular complexity index is 502. The molecule has 0 unspecified atom stereocenters. The maximum Gasteiger partial charge on any atom is 0.0303 e. The van der Waals surface area contributed by atoms with Crippen LogP contribution in [-0.2, 0) is 0 Å². The first-order valence-electron chi connectivity index (χ1n) is 5.75. The molecule has 0 aliphatic carbocycles. The zero-order valence-electron chi connectivity index (χ0n) is 10.3. The second-order valence-electron chi connectivity index (χ2n) is 4.28. The van der Waals surface area contributed by atoms with Crippen molar-refractivity contribution in [3.63, 3.8) is 0 Å². The highest BCUT2D eigenvalue weighted by atomic mass is 14.1. The van der Waals surface area contributed by atoms with Crippen LogP contribution in [0.5, 0.6) is 0 Å². The van der Waals surface area contributed by atoms with Crippen molar-refractivity contribution in [2.75, 3.05) is 0 Å². The van der Waals surface area contributed by atoms with Gasteiger partial charge in [-0.05, 0) is 25.0 Å². The van der Waals surface area contributed by atoms with E-state index in [-0.39, 0.29) is 0 Å². The molecule has 0 spiro atoms. The van der Waals surface area contributed by atoms with Crippen molar-refractivity contribution in [3.8, 4) is 0 Å². The molecule has 0 heteroatoms.